The molecule has 33 heavy (non-hydrogen) atoms. The number of aromatic amines is 1. The van der Waals surface area contributed by atoms with Crippen molar-refractivity contribution in [2.24, 2.45) is 5.73 Å². The largest absolute Gasteiger partial charge is 0.480 e. The third kappa shape index (κ3) is 5.30. The summed E-state index contributed by atoms with van der Waals surface area (Å²) in [4.78, 5) is 30.7. The van der Waals surface area contributed by atoms with Crippen molar-refractivity contribution in [2.75, 3.05) is 0 Å². The fourth-order valence-electron chi connectivity index (χ4n) is 3.65. The Morgan fingerprint density at radius 1 is 1.09 bits per heavy atom. The molecule has 2 heterocycles. The number of carboxylic acids is 1. The number of nitrogens with one attached hydrogen (secondary N) is 2. The number of rotatable bonds is 8. The molecule has 1 atom stereocenters. The molecule has 0 aliphatic heterocycles. The Labute approximate surface area is 199 Å². The summed E-state index contributed by atoms with van der Waals surface area (Å²) >= 11 is 3.52. The topological polar surface area (TPSA) is 121 Å². The van der Waals surface area contributed by atoms with Crippen molar-refractivity contribution in [1.29, 1.82) is 0 Å². The summed E-state index contributed by atoms with van der Waals surface area (Å²) in [5.41, 5.74) is 11.3. The van der Waals surface area contributed by atoms with Gasteiger partial charge in [-0.2, -0.15) is 0 Å². The monoisotopic (exact) mass is 506 g/mol. The summed E-state index contributed by atoms with van der Waals surface area (Å²) in [7, 11) is 0. The van der Waals surface area contributed by atoms with Gasteiger partial charge in [0.15, 0.2) is 0 Å². The standard InChI is InChI=1S/C25H23BrN4O3/c26-18-12-19-22(23(30-24(19)29-14-18)17-4-2-1-3-5-17)16-8-6-15(7-9-16)13-28-21(31)11-10-20(27)25(32)33/h1-9,12,14,20H,10-11,13,27H2,(H,28,31)(H,29,30)(H,32,33). The molecular formula is C25H23BrN4O3. The molecule has 0 saturated carbocycles. The van der Waals surface area contributed by atoms with Crippen molar-refractivity contribution in [3.63, 3.8) is 0 Å². The minimum Gasteiger partial charge on any atom is -0.480 e. The molecule has 168 valence electrons. The second-order valence-electron chi connectivity index (χ2n) is 7.75. The van der Waals surface area contributed by atoms with E-state index in [0.29, 0.717) is 6.54 Å². The third-order valence-corrected chi connectivity index (χ3v) is 5.85. The van der Waals surface area contributed by atoms with Gasteiger partial charge in [-0.25, -0.2) is 4.98 Å². The predicted octanol–water partition coefficient (Wildman–Crippen LogP) is 4.47. The summed E-state index contributed by atoms with van der Waals surface area (Å²) in [5, 5.41) is 12.6. The van der Waals surface area contributed by atoms with E-state index in [2.05, 4.69) is 49.4 Å². The minimum atomic E-state index is -1.10. The van der Waals surface area contributed by atoms with Crippen molar-refractivity contribution < 1.29 is 14.7 Å². The number of carbonyl (C=O) groups is 2. The van der Waals surface area contributed by atoms with Crippen molar-refractivity contribution >= 4 is 38.8 Å². The number of carboxylic acid groups (broad SMARTS) is 1. The van der Waals surface area contributed by atoms with Crippen LogP contribution >= 0.6 is 15.9 Å². The van der Waals surface area contributed by atoms with Gasteiger partial charge in [-0.05, 0) is 45.1 Å². The predicted molar refractivity (Wildman–Crippen MR) is 131 cm³/mol. The molecule has 4 aromatic rings. The lowest BCUT2D eigenvalue weighted by molar-refractivity contribution is -0.138. The molecule has 7 nitrogen and oxygen atoms in total. The molecule has 0 radical (unpaired) electrons. The number of nitrogens with two attached hydrogens (primary N) is 1. The fraction of sp³-hybridized carbons (Fsp3) is 0.160. The van der Waals surface area contributed by atoms with Crippen LogP contribution in [0.2, 0.25) is 0 Å². The highest BCUT2D eigenvalue weighted by molar-refractivity contribution is 9.10. The minimum absolute atomic E-state index is 0.0726. The zero-order chi connectivity index (χ0) is 23.4. The Balaban J connectivity index is 1.55. The first-order chi connectivity index (χ1) is 15.9. The molecule has 4 rings (SSSR count). The second kappa shape index (κ2) is 9.97. The van der Waals surface area contributed by atoms with E-state index in [1.807, 2.05) is 42.5 Å². The number of aliphatic carboxylic acids is 1. The number of amides is 1. The molecule has 0 bridgehead atoms. The highest BCUT2D eigenvalue weighted by Crippen LogP contribution is 2.38. The Kier molecular flexibility index (Phi) is 6.86. The van der Waals surface area contributed by atoms with Crippen molar-refractivity contribution in [3.05, 3.63) is 76.9 Å². The van der Waals surface area contributed by atoms with Crippen LogP contribution in [0.3, 0.4) is 0 Å². The number of nitrogens with zero attached hydrogens (tertiary/aromatic N) is 1. The summed E-state index contributed by atoms with van der Waals surface area (Å²) in [5.74, 6) is -1.33. The van der Waals surface area contributed by atoms with Crippen LogP contribution < -0.4 is 11.1 Å². The molecule has 2 aromatic carbocycles. The van der Waals surface area contributed by atoms with E-state index in [0.717, 1.165) is 43.5 Å². The lowest BCUT2D eigenvalue weighted by Gasteiger charge is -2.09. The van der Waals surface area contributed by atoms with Gasteiger partial charge in [0.1, 0.15) is 11.7 Å². The molecule has 0 fully saturated rings. The molecule has 0 aliphatic carbocycles. The van der Waals surface area contributed by atoms with E-state index in [1.54, 1.807) is 6.20 Å². The Morgan fingerprint density at radius 2 is 1.82 bits per heavy atom. The first-order valence-electron chi connectivity index (χ1n) is 10.5. The van der Waals surface area contributed by atoms with Crippen LogP contribution in [0.25, 0.3) is 33.4 Å². The second-order valence-corrected chi connectivity index (χ2v) is 8.66. The smallest absolute Gasteiger partial charge is 0.320 e. The quantitative estimate of drug-likeness (QED) is 0.281. The lowest BCUT2D eigenvalue weighted by atomic mass is 9.98. The van der Waals surface area contributed by atoms with Gasteiger partial charge in [0.05, 0.1) is 5.69 Å². The number of hydrogen-bond acceptors (Lipinski definition) is 4. The number of pyridine rings is 1. The number of carbonyl (C=O) groups excluding carboxylic acids is 1. The van der Waals surface area contributed by atoms with Gasteiger partial charge in [0.25, 0.3) is 0 Å². The summed E-state index contributed by atoms with van der Waals surface area (Å²) in [6, 6.07) is 19.1. The van der Waals surface area contributed by atoms with E-state index in [-0.39, 0.29) is 18.7 Å². The van der Waals surface area contributed by atoms with Gasteiger partial charge in [-0.15, -0.1) is 0 Å². The number of aromatic nitrogens is 2. The summed E-state index contributed by atoms with van der Waals surface area (Å²) in [6.45, 7) is 0.355. The van der Waals surface area contributed by atoms with E-state index >= 15 is 0 Å². The van der Waals surface area contributed by atoms with E-state index in [1.165, 1.54) is 0 Å². The van der Waals surface area contributed by atoms with Crippen molar-refractivity contribution in [2.45, 2.75) is 25.4 Å². The Hall–Kier alpha value is -3.49. The zero-order valence-electron chi connectivity index (χ0n) is 17.7. The average molecular weight is 507 g/mol. The third-order valence-electron chi connectivity index (χ3n) is 5.41. The first kappa shape index (κ1) is 22.7. The van der Waals surface area contributed by atoms with E-state index in [9.17, 15) is 9.59 Å². The highest BCUT2D eigenvalue weighted by Gasteiger charge is 2.17. The molecule has 8 heteroatoms. The van der Waals surface area contributed by atoms with Crippen LogP contribution in [0.4, 0.5) is 0 Å². The number of fused-ring (bicyclic) bond motifs is 1. The van der Waals surface area contributed by atoms with Crippen molar-refractivity contribution in [3.8, 4) is 22.4 Å². The highest BCUT2D eigenvalue weighted by atomic mass is 79.9. The number of benzene rings is 2. The Bertz CT molecular complexity index is 1290. The molecular weight excluding hydrogens is 484 g/mol. The molecule has 5 N–H and O–H groups in total. The van der Waals surface area contributed by atoms with Crippen molar-refractivity contribution in [1.82, 2.24) is 15.3 Å². The summed E-state index contributed by atoms with van der Waals surface area (Å²) < 4.78 is 0.900. The molecule has 0 saturated heterocycles. The maximum absolute atomic E-state index is 12.0. The van der Waals surface area contributed by atoms with Gasteiger partial charge >= 0.3 is 5.97 Å². The maximum Gasteiger partial charge on any atom is 0.320 e. The molecule has 0 spiro atoms. The van der Waals surface area contributed by atoms with Crippen LogP contribution in [-0.2, 0) is 16.1 Å². The maximum atomic E-state index is 12.0. The van der Waals surface area contributed by atoms with Gasteiger partial charge in [0.2, 0.25) is 5.91 Å². The number of halogens is 1. The van der Waals surface area contributed by atoms with Crippen LogP contribution in [0.1, 0.15) is 18.4 Å². The van der Waals surface area contributed by atoms with Gasteiger partial charge < -0.3 is 21.1 Å². The van der Waals surface area contributed by atoms with Crippen LogP contribution in [-0.4, -0.2) is 33.0 Å². The van der Waals surface area contributed by atoms with Gasteiger partial charge in [-0.3, -0.25) is 9.59 Å². The molecule has 2 aromatic heterocycles. The van der Waals surface area contributed by atoms with E-state index in [4.69, 9.17) is 10.8 Å². The van der Waals surface area contributed by atoms with Crippen LogP contribution in [0.5, 0.6) is 0 Å². The lowest BCUT2D eigenvalue weighted by Crippen LogP contribution is -2.32. The zero-order valence-corrected chi connectivity index (χ0v) is 19.3. The first-order valence-corrected chi connectivity index (χ1v) is 11.3. The molecule has 1 unspecified atom stereocenters. The molecule has 1 amide bonds. The van der Waals surface area contributed by atoms with E-state index < -0.39 is 12.0 Å². The normalized spacial score (nSPS) is 11.9. The Morgan fingerprint density at radius 3 is 2.52 bits per heavy atom. The molecule has 0 aliphatic rings. The van der Waals surface area contributed by atoms with Gasteiger partial charge in [0, 0.05) is 34.6 Å². The average Bonchev–Trinajstić information content (AvgIpc) is 3.20. The number of H-pyrrole nitrogens is 1. The van der Waals surface area contributed by atoms with Gasteiger partial charge in [-0.1, -0.05) is 54.6 Å². The SMILES string of the molecule is NC(CCC(=O)NCc1ccc(-c2c(-c3ccccc3)[nH]c3ncc(Br)cc23)cc1)C(=O)O. The number of hydrogen-bond donors (Lipinski definition) is 4. The summed E-state index contributed by atoms with van der Waals surface area (Å²) in [6.07, 6.45) is 1.95. The van der Waals surface area contributed by atoms with Crippen LogP contribution in [0, 0.1) is 0 Å². The fourth-order valence-corrected chi connectivity index (χ4v) is 3.99. The van der Waals surface area contributed by atoms with Crippen LogP contribution in [0.15, 0.2) is 71.3 Å².